The third-order valence-corrected chi connectivity index (χ3v) is 5.65. The molecule has 8 nitrogen and oxygen atoms in total. The first-order chi connectivity index (χ1) is 15.4. The number of carbonyl (C=O) groups is 1. The minimum absolute atomic E-state index is 0.0643. The Morgan fingerprint density at radius 2 is 1.78 bits per heavy atom. The maximum absolute atomic E-state index is 13.0. The first-order valence-corrected chi connectivity index (χ1v) is 11.0. The lowest BCUT2D eigenvalue weighted by Gasteiger charge is -2.23. The summed E-state index contributed by atoms with van der Waals surface area (Å²) in [6.07, 6.45) is 0. The smallest absolute Gasteiger partial charge is 0.230 e. The van der Waals surface area contributed by atoms with Crippen LogP contribution >= 0.6 is 11.8 Å². The molecule has 10 heteroatoms. The topological polar surface area (TPSA) is 104 Å². The van der Waals surface area contributed by atoms with Gasteiger partial charge in [-0.05, 0) is 47.9 Å². The lowest BCUT2D eigenvalue weighted by atomic mass is 9.96. The zero-order chi connectivity index (χ0) is 23.1. The fraction of sp³-hybridized carbons (Fsp3) is 0.318. The molecule has 1 heterocycles. The van der Waals surface area contributed by atoms with Gasteiger partial charge >= 0.3 is 0 Å². The van der Waals surface area contributed by atoms with Crippen LogP contribution in [0.15, 0.2) is 53.7 Å². The van der Waals surface area contributed by atoms with Crippen LogP contribution in [0.25, 0.3) is 0 Å². The monoisotopic (exact) mass is 459 g/mol. The van der Waals surface area contributed by atoms with Crippen molar-refractivity contribution in [3.63, 3.8) is 0 Å². The third-order valence-electron chi connectivity index (χ3n) is 4.71. The lowest BCUT2D eigenvalue weighted by Crippen LogP contribution is -2.33. The number of ether oxygens (including phenoxy) is 2. The van der Waals surface area contributed by atoms with Crippen LogP contribution in [0.3, 0.4) is 0 Å². The molecule has 0 fully saturated rings. The fourth-order valence-corrected chi connectivity index (χ4v) is 3.66. The second-order valence-electron chi connectivity index (χ2n) is 7.36. The highest BCUT2D eigenvalue weighted by Crippen LogP contribution is 2.24. The average molecular weight is 460 g/mol. The van der Waals surface area contributed by atoms with Gasteiger partial charge in [0.05, 0.1) is 18.9 Å². The Morgan fingerprint density at radius 1 is 1.12 bits per heavy atom. The highest BCUT2D eigenvalue weighted by Gasteiger charge is 2.20. The van der Waals surface area contributed by atoms with Crippen LogP contribution in [0.5, 0.6) is 11.5 Å². The van der Waals surface area contributed by atoms with Gasteiger partial charge in [0, 0.05) is 0 Å². The minimum atomic E-state index is -0.344. The van der Waals surface area contributed by atoms with Crippen molar-refractivity contribution in [3.05, 3.63) is 65.7 Å². The zero-order valence-corrected chi connectivity index (χ0v) is 18.9. The predicted octanol–water partition coefficient (Wildman–Crippen LogP) is 3.32. The van der Waals surface area contributed by atoms with Crippen molar-refractivity contribution in [1.82, 2.24) is 20.2 Å². The van der Waals surface area contributed by atoms with Crippen molar-refractivity contribution in [3.8, 4) is 11.5 Å². The van der Waals surface area contributed by atoms with E-state index >= 15 is 0 Å². The van der Waals surface area contributed by atoms with Crippen LogP contribution in [-0.2, 0) is 11.4 Å². The van der Waals surface area contributed by atoms with E-state index in [4.69, 9.17) is 15.3 Å². The van der Waals surface area contributed by atoms with Crippen molar-refractivity contribution in [2.24, 2.45) is 5.92 Å². The maximum atomic E-state index is 13.0. The Labute approximate surface area is 190 Å². The van der Waals surface area contributed by atoms with Gasteiger partial charge in [0.25, 0.3) is 0 Å². The molecule has 1 unspecified atom stereocenters. The zero-order valence-electron chi connectivity index (χ0n) is 18.1. The van der Waals surface area contributed by atoms with Gasteiger partial charge in [-0.1, -0.05) is 37.7 Å². The molecule has 1 amide bonds. The van der Waals surface area contributed by atoms with Gasteiger partial charge in [0.1, 0.15) is 23.9 Å². The summed E-state index contributed by atoms with van der Waals surface area (Å²) in [6, 6.07) is 13.1. The Balaban J connectivity index is 1.54. The molecule has 0 aliphatic heterocycles. The van der Waals surface area contributed by atoms with E-state index in [0.29, 0.717) is 16.7 Å². The molecule has 32 heavy (non-hydrogen) atoms. The van der Waals surface area contributed by atoms with E-state index < -0.39 is 0 Å². The molecular weight excluding hydrogens is 433 g/mol. The highest BCUT2D eigenvalue weighted by atomic mass is 32.2. The van der Waals surface area contributed by atoms with Crippen molar-refractivity contribution in [1.29, 1.82) is 0 Å². The summed E-state index contributed by atoms with van der Waals surface area (Å²) in [7, 11) is 1.62. The first-order valence-electron chi connectivity index (χ1n) is 10.0. The number of hydrogen-bond donors (Lipinski definition) is 2. The van der Waals surface area contributed by atoms with Crippen molar-refractivity contribution >= 4 is 17.7 Å². The number of benzene rings is 2. The van der Waals surface area contributed by atoms with Crippen LogP contribution in [0.1, 0.15) is 31.3 Å². The minimum Gasteiger partial charge on any atom is -0.497 e. The van der Waals surface area contributed by atoms with E-state index in [2.05, 4.69) is 15.5 Å². The lowest BCUT2D eigenvalue weighted by molar-refractivity contribution is -0.119. The van der Waals surface area contributed by atoms with Gasteiger partial charge in [0.2, 0.25) is 11.1 Å². The van der Waals surface area contributed by atoms with Crippen molar-refractivity contribution < 1.29 is 18.7 Å². The highest BCUT2D eigenvalue weighted by molar-refractivity contribution is 7.99. The van der Waals surface area contributed by atoms with Crippen molar-refractivity contribution in [2.45, 2.75) is 31.7 Å². The molecular formula is C22H26FN5O3S. The van der Waals surface area contributed by atoms with Crippen LogP contribution in [0, 0.1) is 11.7 Å². The molecule has 3 aromatic rings. The van der Waals surface area contributed by atoms with Crippen molar-refractivity contribution in [2.75, 3.05) is 18.7 Å². The molecule has 1 atom stereocenters. The van der Waals surface area contributed by atoms with E-state index in [0.717, 1.165) is 11.3 Å². The second-order valence-corrected chi connectivity index (χ2v) is 8.30. The van der Waals surface area contributed by atoms with E-state index in [9.17, 15) is 9.18 Å². The second kappa shape index (κ2) is 10.9. The molecule has 0 bridgehead atoms. The van der Waals surface area contributed by atoms with Crippen LogP contribution in [-0.4, -0.2) is 33.6 Å². The number of nitrogens with two attached hydrogens (primary N) is 1. The summed E-state index contributed by atoms with van der Waals surface area (Å²) in [5.74, 6) is 7.51. The summed E-state index contributed by atoms with van der Waals surface area (Å²) in [4.78, 5) is 12.6. The Morgan fingerprint density at radius 3 is 2.41 bits per heavy atom. The number of carbonyl (C=O) groups excluding carboxylic acids is 1. The van der Waals surface area contributed by atoms with Gasteiger partial charge in [-0.15, -0.1) is 10.2 Å². The largest absolute Gasteiger partial charge is 0.497 e. The SMILES string of the molecule is COc1ccc(C(NC(=O)CSc2nnc(COc3ccc(F)cc3)n2N)C(C)C)cc1. The molecule has 3 N–H and O–H groups in total. The third kappa shape index (κ3) is 6.13. The summed E-state index contributed by atoms with van der Waals surface area (Å²) in [5, 5.41) is 11.5. The van der Waals surface area contributed by atoms with Crippen LogP contribution in [0.2, 0.25) is 0 Å². The Hall–Kier alpha value is -3.27. The molecule has 0 aliphatic carbocycles. The Bertz CT molecular complexity index is 1030. The molecule has 0 aliphatic rings. The molecule has 0 spiro atoms. The number of amides is 1. The van der Waals surface area contributed by atoms with Crippen LogP contribution < -0.4 is 20.6 Å². The summed E-state index contributed by atoms with van der Waals surface area (Å²) in [6.45, 7) is 4.16. The van der Waals surface area contributed by atoms with Crippen LogP contribution in [0.4, 0.5) is 4.39 Å². The fourth-order valence-electron chi connectivity index (χ4n) is 2.97. The molecule has 170 valence electrons. The summed E-state index contributed by atoms with van der Waals surface area (Å²) in [5.41, 5.74) is 1.00. The molecule has 2 aromatic carbocycles. The molecule has 0 radical (unpaired) electrons. The first kappa shape index (κ1) is 23.4. The van der Waals surface area contributed by atoms with Gasteiger partial charge in [-0.3, -0.25) is 4.79 Å². The Kier molecular flexibility index (Phi) is 7.93. The van der Waals surface area contributed by atoms with Gasteiger partial charge in [0.15, 0.2) is 5.82 Å². The number of aromatic nitrogens is 3. The standard InChI is InChI=1S/C22H26FN5O3S/c1-14(2)21(15-4-8-17(30-3)9-5-15)25-20(29)13-32-22-27-26-19(28(22)24)12-31-18-10-6-16(23)7-11-18/h4-11,14,21H,12-13,24H2,1-3H3,(H,25,29). The van der Waals surface area contributed by atoms with E-state index in [1.54, 1.807) is 7.11 Å². The van der Waals surface area contributed by atoms with Gasteiger partial charge in [-0.25, -0.2) is 9.07 Å². The molecule has 0 saturated carbocycles. The number of nitrogens with one attached hydrogen (secondary N) is 1. The molecule has 1 aromatic heterocycles. The quantitative estimate of drug-likeness (QED) is 0.354. The van der Waals surface area contributed by atoms with E-state index in [1.165, 1.54) is 40.7 Å². The normalized spacial score (nSPS) is 11.9. The van der Waals surface area contributed by atoms with E-state index in [1.807, 2.05) is 38.1 Å². The maximum Gasteiger partial charge on any atom is 0.230 e. The van der Waals surface area contributed by atoms with Gasteiger partial charge < -0.3 is 20.6 Å². The molecule has 3 rings (SSSR count). The number of methoxy groups -OCH3 is 1. The number of rotatable bonds is 10. The predicted molar refractivity (Wildman–Crippen MR) is 120 cm³/mol. The van der Waals surface area contributed by atoms with E-state index in [-0.39, 0.29) is 36.0 Å². The number of halogens is 1. The summed E-state index contributed by atoms with van der Waals surface area (Å²) >= 11 is 1.18. The molecule has 0 saturated heterocycles. The average Bonchev–Trinajstić information content (AvgIpc) is 3.15. The number of nitrogen functional groups attached to an aromatic ring is 1. The summed E-state index contributed by atoms with van der Waals surface area (Å²) < 4.78 is 25.0. The number of thioether (sulfide) groups is 1. The van der Waals surface area contributed by atoms with Gasteiger partial charge in [-0.2, -0.15) is 0 Å². The number of nitrogens with zero attached hydrogens (tertiary/aromatic N) is 3. The number of hydrogen-bond acceptors (Lipinski definition) is 7.